The van der Waals surface area contributed by atoms with E-state index in [4.69, 9.17) is 4.74 Å². The van der Waals surface area contributed by atoms with E-state index < -0.39 is 40.2 Å². The summed E-state index contributed by atoms with van der Waals surface area (Å²) in [6, 6.07) is 2.79. The third-order valence-electron chi connectivity index (χ3n) is 6.46. The molecule has 1 aliphatic carbocycles. The van der Waals surface area contributed by atoms with Crippen LogP contribution >= 0.6 is 0 Å². The molecule has 4 rings (SSSR count). The van der Waals surface area contributed by atoms with Gasteiger partial charge in [0.25, 0.3) is 11.8 Å². The molecule has 2 aromatic rings. The summed E-state index contributed by atoms with van der Waals surface area (Å²) in [6.45, 7) is 4.18. The van der Waals surface area contributed by atoms with Gasteiger partial charge in [0.1, 0.15) is 17.2 Å². The standard InChI is InChI=1S/C23H25F2N3O5/c1-12(2)27-11-23(7-14(23)10-33-3)28-9-16(19(29)20(30)18(28)22(27)32)21(31)26-8-13-4-5-15(24)6-17(13)25/h4-6,9,12,14,30H,7-8,10-11H2,1-3H3,(H,26,31)/t14-,23+/m1/s1. The molecule has 1 aliphatic heterocycles. The number of nitrogens with zero attached hydrogens (tertiary/aromatic N) is 2. The van der Waals surface area contributed by atoms with Crippen molar-refractivity contribution in [2.75, 3.05) is 20.3 Å². The van der Waals surface area contributed by atoms with Gasteiger partial charge in [-0.2, -0.15) is 0 Å². The summed E-state index contributed by atoms with van der Waals surface area (Å²) in [5.74, 6) is -3.68. The zero-order valence-electron chi connectivity index (χ0n) is 18.5. The molecule has 10 heteroatoms. The minimum Gasteiger partial charge on any atom is -0.503 e. The Morgan fingerprint density at radius 2 is 2.06 bits per heavy atom. The molecule has 8 nitrogen and oxygen atoms in total. The van der Waals surface area contributed by atoms with Crippen LogP contribution in [0.1, 0.15) is 46.7 Å². The Kier molecular flexibility index (Phi) is 5.73. The van der Waals surface area contributed by atoms with E-state index in [1.807, 2.05) is 13.8 Å². The maximum atomic E-state index is 13.9. The van der Waals surface area contributed by atoms with Crippen molar-refractivity contribution in [2.24, 2.45) is 5.92 Å². The zero-order chi connectivity index (χ0) is 24.1. The fourth-order valence-electron chi connectivity index (χ4n) is 4.52. The molecule has 2 N–H and O–H groups in total. The molecule has 0 saturated heterocycles. The number of nitrogens with one attached hydrogen (secondary N) is 1. The first-order valence-corrected chi connectivity index (χ1v) is 10.6. The number of hydrogen-bond acceptors (Lipinski definition) is 5. The van der Waals surface area contributed by atoms with Crippen molar-refractivity contribution in [1.29, 1.82) is 0 Å². The Labute approximate surface area is 188 Å². The largest absolute Gasteiger partial charge is 0.503 e. The molecule has 2 amide bonds. The third-order valence-corrected chi connectivity index (χ3v) is 6.46. The molecule has 0 radical (unpaired) electrons. The van der Waals surface area contributed by atoms with Gasteiger partial charge >= 0.3 is 0 Å². The lowest BCUT2D eigenvalue weighted by atomic mass is 10.0. The van der Waals surface area contributed by atoms with Crippen molar-refractivity contribution >= 4 is 11.8 Å². The van der Waals surface area contributed by atoms with Crippen LogP contribution in [0.3, 0.4) is 0 Å². The van der Waals surface area contributed by atoms with Gasteiger partial charge in [-0.1, -0.05) is 6.07 Å². The van der Waals surface area contributed by atoms with Crippen molar-refractivity contribution in [1.82, 2.24) is 14.8 Å². The predicted octanol–water partition coefficient (Wildman–Crippen LogP) is 1.99. The summed E-state index contributed by atoms with van der Waals surface area (Å²) in [5.41, 5.74) is -2.08. The van der Waals surface area contributed by atoms with Gasteiger partial charge in [-0.05, 0) is 26.3 Å². The van der Waals surface area contributed by atoms with Crippen LogP contribution in [0.4, 0.5) is 8.78 Å². The van der Waals surface area contributed by atoms with Crippen LogP contribution in [0, 0.1) is 17.6 Å². The number of amides is 2. The normalized spacial score (nSPS) is 21.5. The van der Waals surface area contributed by atoms with E-state index in [9.17, 15) is 28.3 Å². The fourth-order valence-corrected chi connectivity index (χ4v) is 4.52. The van der Waals surface area contributed by atoms with Crippen molar-refractivity contribution in [3.8, 4) is 5.75 Å². The second-order valence-electron chi connectivity index (χ2n) is 8.84. The Hall–Kier alpha value is -3.27. The van der Waals surface area contributed by atoms with Crippen LogP contribution in [-0.2, 0) is 16.8 Å². The lowest BCUT2D eigenvalue weighted by molar-refractivity contribution is 0.0543. The van der Waals surface area contributed by atoms with Gasteiger partial charge in [-0.15, -0.1) is 0 Å². The number of rotatable bonds is 6. The minimum atomic E-state index is -0.989. The summed E-state index contributed by atoms with van der Waals surface area (Å²) in [4.78, 5) is 40.3. The molecule has 2 aliphatic rings. The van der Waals surface area contributed by atoms with Crippen molar-refractivity contribution in [2.45, 2.75) is 38.4 Å². The predicted molar refractivity (Wildman–Crippen MR) is 114 cm³/mol. The summed E-state index contributed by atoms with van der Waals surface area (Å²) >= 11 is 0. The number of halogens is 2. The topological polar surface area (TPSA) is 101 Å². The van der Waals surface area contributed by atoms with Gasteiger partial charge in [0, 0.05) is 50.0 Å². The highest BCUT2D eigenvalue weighted by molar-refractivity contribution is 5.99. The Morgan fingerprint density at radius 1 is 1.33 bits per heavy atom. The smallest absolute Gasteiger partial charge is 0.274 e. The van der Waals surface area contributed by atoms with Gasteiger partial charge < -0.3 is 24.6 Å². The summed E-state index contributed by atoms with van der Waals surface area (Å²) in [5, 5.41) is 13.1. The lowest BCUT2D eigenvalue weighted by Gasteiger charge is -2.39. The van der Waals surface area contributed by atoms with E-state index in [0.717, 1.165) is 6.07 Å². The average Bonchev–Trinajstić information content (AvgIpc) is 3.44. The molecule has 33 heavy (non-hydrogen) atoms. The molecule has 176 valence electrons. The zero-order valence-corrected chi connectivity index (χ0v) is 18.5. The van der Waals surface area contributed by atoms with Gasteiger partial charge in [-0.25, -0.2) is 8.78 Å². The molecule has 1 saturated carbocycles. The number of aromatic hydroxyl groups is 1. The van der Waals surface area contributed by atoms with Gasteiger partial charge in [0.2, 0.25) is 5.43 Å². The number of methoxy groups -OCH3 is 1. The molecular formula is C23H25F2N3O5. The monoisotopic (exact) mass is 461 g/mol. The number of ether oxygens (including phenoxy) is 1. The molecule has 0 unspecified atom stereocenters. The fraction of sp³-hybridized carbons (Fsp3) is 0.435. The SMILES string of the molecule is COC[C@H]1C[C@]12CN(C(C)C)C(=O)c1c(O)c(=O)c(C(=O)NCc3ccc(F)cc3F)cn12. The van der Waals surface area contributed by atoms with Crippen molar-refractivity contribution < 1.29 is 28.2 Å². The van der Waals surface area contributed by atoms with Crippen LogP contribution in [0.15, 0.2) is 29.2 Å². The number of pyridine rings is 1. The van der Waals surface area contributed by atoms with E-state index in [2.05, 4.69) is 5.32 Å². The highest BCUT2D eigenvalue weighted by atomic mass is 19.1. The van der Waals surface area contributed by atoms with Crippen LogP contribution in [0.25, 0.3) is 0 Å². The van der Waals surface area contributed by atoms with Crippen LogP contribution in [0.5, 0.6) is 5.75 Å². The molecular weight excluding hydrogens is 436 g/mol. The number of benzene rings is 1. The number of carbonyl (C=O) groups excluding carboxylic acids is 2. The van der Waals surface area contributed by atoms with Crippen LogP contribution in [-0.4, -0.2) is 52.7 Å². The van der Waals surface area contributed by atoms with Gasteiger partial charge in [0.05, 0.1) is 12.1 Å². The second kappa shape index (κ2) is 8.26. The highest BCUT2D eigenvalue weighted by Gasteiger charge is 2.60. The molecule has 2 heterocycles. The highest BCUT2D eigenvalue weighted by Crippen LogP contribution is 2.54. The third kappa shape index (κ3) is 3.78. The molecule has 1 aromatic heterocycles. The summed E-state index contributed by atoms with van der Waals surface area (Å²) in [6.07, 6.45) is 1.94. The van der Waals surface area contributed by atoms with E-state index >= 15 is 0 Å². The molecule has 1 aromatic carbocycles. The summed E-state index contributed by atoms with van der Waals surface area (Å²) in [7, 11) is 1.57. The van der Waals surface area contributed by atoms with Gasteiger partial charge in [0.15, 0.2) is 11.4 Å². The van der Waals surface area contributed by atoms with E-state index in [1.54, 1.807) is 12.0 Å². The maximum absolute atomic E-state index is 13.9. The Bertz CT molecular complexity index is 1200. The number of fused-ring (bicyclic) bond motifs is 2. The average molecular weight is 461 g/mol. The molecule has 0 bridgehead atoms. The van der Waals surface area contributed by atoms with E-state index in [1.165, 1.54) is 16.8 Å². The van der Waals surface area contributed by atoms with E-state index in [-0.39, 0.29) is 35.3 Å². The first-order valence-electron chi connectivity index (χ1n) is 10.6. The first-order chi connectivity index (χ1) is 15.6. The number of aromatic nitrogens is 1. The van der Waals surface area contributed by atoms with Crippen molar-refractivity contribution in [3.05, 3.63) is 63.1 Å². The van der Waals surface area contributed by atoms with E-state index in [0.29, 0.717) is 25.6 Å². The second-order valence-corrected chi connectivity index (χ2v) is 8.84. The first kappa shape index (κ1) is 22.9. The Balaban J connectivity index is 1.72. The van der Waals surface area contributed by atoms with Gasteiger partial charge in [-0.3, -0.25) is 14.4 Å². The number of hydrogen-bond donors (Lipinski definition) is 2. The quantitative estimate of drug-likeness (QED) is 0.685. The lowest BCUT2D eigenvalue weighted by Crippen LogP contribution is -2.52. The number of carbonyl (C=O) groups is 2. The van der Waals surface area contributed by atoms with Crippen LogP contribution < -0.4 is 10.7 Å². The molecule has 2 atom stereocenters. The maximum Gasteiger partial charge on any atom is 0.274 e. The van der Waals surface area contributed by atoms with Crippen LogP contribution in [0.2, 0.25) is 0 Å². The van der Waals surface area contributed by atoms with Crippen molar-refractivity contribution in [3.63, 3.8) is 0 Å². The minimum absolute atomic E-state index is 0.0294. The Morgan fingerprint density at radius 3 is 2.70 bits per heavy atom. The molecule has 1 spiro atoms. The summed E-state index contributed by atoms with van der Waals surface area (Å²) < 4.78 is 33.8. The molecule has 1 fully saturated rings.